The lowest BCUT2D eigenvalue weighted by atomic mass is 10.1. The molecule has 1 amide bonds. The normalized spacial score (nSPS) is 12.6. The SMILES string of the molecule is C[C@H](NC(=O)/C(C#N)=C/C=C/c1cccc(Br)n1)c1ccccc1. The number of nitriles is 1. The zero-order chi connectivity index (χ0) is 17.4. The van der Waals surface area contributed by atoms with Crippen LogP contribution in [0.5, 0.6) is 0 Å². The van der Waals surface area contributed by atoms with Crippen molar-refractivity contribution in [2.24, 2.45) is 0 Å². The van der Waals surface area contributed by atoms with Gasteiger partial charge in [-0.05, 0) is 52.7 Å². The van der Waals surface area contributed by atoms with E-state index in [2.05, 4.69) is 26.2 Å². The number of carbonyl (C=O) groups is 1. The van der Waals surface area contributed by atoms with Crippen molar-refractivity contribution < 1.29 is 4.79 Å². The van der Waals surface area contributed by atoms with Gasteiger partial charge in [0.15, 0.2) is 0 Å². The fourth-order valence-electron chi connectivity index (χ4n) is 2.02. The van der Waals surface area contributed by atoms with E-state index in [4.69, 9.17) is 0 Å². The lowest BCUT2D eigenvalue weighted by Crippen LogP contribution is -2.27. The van der Waals surface area contributed by atoms with E-state index in [9.17, 15) is 10.1 Å². The summed E-state index contributed by atoms with van der Waals surface area (Å²) in [5, 5.41) is 12.0. The number of rotatable bonds is 5. The zero-order valence-electron chi connectivity index (χ0n) is 13.1. The second-order valence-corrected chi connectivity index (χ2v) is 5.85. The first kappa shape index (κ1) is 17.6. The van der Waals surface area contributed by atoms with Crippen molar-refractivity contribution in [3.05, 3.63) is 82.1 Å². The second-order valence-electron chi connectivity index (χ2n) is 5.04. The van der Waals surface area contributed by atoms with Gasteiger partial charge in [0.25, 0.3) is 5.91 Å². The van der Waals surface area contributed by atoms with Crippen LogP contribution in [0.2, 0.25) is 0 Å². The van der Waals surface area contributed by atoms with E-state index >= 15 is 0 Å². The summed E-state index contributed by atoms with van der Waals surface area (Å²) < 4.78 is 0.726. The van der Waals surface area contributed by atoms with Crippen LogP contribution in [0.1, 0.15) is 24.2 Å². The second kappa shape index (κ2) is 8.80. The van der Waals surface area contributed by atoms with Crippen molar-refractivity contribution in [3.8, 4) is 6.07 Å². The Morgan fingerprint density at radius 1 is 1.25 bits per heavy atom. The summed E-state index contributed by atoms with van der Waals surface area (Å²) in [6.07, 6.45) is 4.85. The van der Waals surface area contributed by atoms with Gasteiger partial charge in [-0.25, -0.2) is 4.98 Å². The van der Waals surface area contributed by atoms with Gasteiger partial charge in [-0.15, -0.1) is 0 Å². The van der Waals surface area contributed by atoms with Gasteiger partial charge in [0.2, 0.25) is 0 Å². The molecule has 0 radical (unpaired) electrons. The topological polar surface area (TPSA) is 65.8 Å². The molecule has 24 heavy (non-hydrogen) atoms. The van der Waals surface area contributed by atoms with Crippen LogP contribution in [0.3, 0.4) is 0 Å². The number of hydrogen-bond donors (Lipinski definition) is 1. The Balaban J connectivity index is 2.04. The molecular formula is C19H16BrN3O. The molecule has 0 unspecified atom stereocenters. The summed E-state index contributed by atoms with van der Waals surface area (Å²) in [6, 6.07) is 16.9. The van der Waals surface area contributed by atoms with E-state index in [0.29, 0.717) is 0 Å². The molecule has 0 aliphatic carbocycles. The fraction of sp³-hybridized carbons (Fsp3) is 0.105. The highest BCUT2D eigenvalue weighted by atomic mass is 79.9. The Hall–Kier alpha value is -2.71. The highest BCUT2D eigenvalue weighted by Crippen LogP contribution is 2.12. The van der Waals surface area contributed by atoms with Gasteiger partial charge in [-0.3, -0.25) is 4.79 Å². The van der Waals surface area contributed by atoms with Crippen LogP contribution in [0.15, 0.2) is 70.9 Å². The van der Waals surface area contributed by atoms with E-state index in [-0.39, 0.29) is 11.6 Å². The predicted octanol–water partition coefficient (Wildman–Crippen LogP) is 4.18. The monoisotopic (exact) mass is 381 g/mol. The summed E-state index contributed by atoms with van der Waals surface area (Å²) >= 11 is 3.29. The van der Waals surface area contributed by atoms with Gasteiger partial charge < -0.3 is 5.32 Å². The van der Waals surface area contributed by atoms with Crippen LogP contribution >= 0.6 is 15.9 Å². The maximum absolute atomic E-state index is 12.2. The molecule has 4 nitrogen and oxygen atoms in total. The van der Waals surface area contributed by atoms with Gasteiger partial charge in [0, 0.05) is 0 Å². The number of pyridine rings is 1. The molecule has 0 aliphatic rings. The summed E-state index contributed by atoms with van der Waals surface area (Å²) in [5.41, 5.74) is 1.76. The van der Waals surface area contributed by atoms with Crippen LogP contribution in [0, 0.1) is 11.3 Å². The molecule has 120 valence electrons. The molecule has 0 fully saturated rings. The molecule has 1 atom stereocenters. The molecule has 0 spiro atoms. The van der Waals surface area contributed by atoms with E-state index in [0.717, 1.165) is 15.9 Å². The first-order valence-corrected chi connectivity index (χ1v) is 8.16. The van der Waals surface area contributed by atoms with Gasteiger partial charge in [0.1, 0.15) is 16.2 Å². The Morgan fingerprint density at radius 2 is 2.00 bits per heavy atom. The lowest BCUT2D eigenvalue weighted by molar-refractivity contribution is -0.117. The van der Waals surface area contributed by atoms with Gasteiger partial charge in [-0.1, -0.05) is 42.5 Å². The molecule has 1 N–H and O–H groups in total. The summed E-state index contributed by atoms with van der Waals surface area (Å²) in [6.45, 7) is 1.88. The highest BCUT2D eigenvalue weighted by molar-refractivity contribution is 9.10. The number of aromatic nitrogens is 1. The van der Waals surface area contributed by atoms with E-state index < -0.39 is 5.91 Å². The number of hydrogen-bond acceptors (Lipinski definition) is 3. The lowest BCUT2D eigenvalue weighted by Gasteiger charge is -2.13. The van der Waals surface area contributed by atoms with Crippen LogP contribution in [-0.2, 0) is 4.79 Å². The quantitative estimate of drug-likeness (QED) is 0.365. The van der Waals surface area contributed by atoms with Crippen LogP contribution in [0.25, 0.3) is 6.08 Å². The minimum Gasteiger partial charge on any atom is -0.345 e. The molecule has 2 aromatic rings. The minimum absolute atomic E-state index is 0.0454. The summed E-state index contributed by atoms with van der Waals surface area (Å²) in [4.78, 5) is 16.4. The van der Waals surface area contributed by atoms with E-state index in [1.807, 2.05) is 61.5 Å². The van der Waals surface area contributed by atoms with Crippen molar-refractivity contribution in [2.75, 3.05) is 0 Å². The van der Waals surface area contributed by atoms with Gasteiger partial charge >= 0.3 is 0 Å². The molecule has 0 saturated heterocycles. The van der Waals surface area contributed by atoms with Crippen molar-refractivity contribution >= 4 is 27.9 Å². The van der Waals surface area contributed by atoms with Crippen molar-refractivity contribution in [1.29, 1.82) is 5.26 Å². The highest BCUT2D eigenvalue weighted by Gasteiger charge is 2.12. The average Bonchev–Trinajstić information content (AvgIpc) is 2.59. The molecule has 0 saturated carbocycles. The maximum atomic E-state index is 12.2. The molecule has 1 heterocycles. The van der Waals surface area contributed by atoms with Gasteiger partial charge in [0.05, 0.1) is 11.7 Å². The number of nitrogens with zero attached hydrogens (tertiary/aromatic N) is 2. The third kappa shape index (κ3) is 5.18. The number of carbonyl (C=O) groups excluding carboxylic acids is 1. The van der Waals surface area contributed by atoms with Crippen molar-refractivity contribution in [3.63, 3.8) is 0 Å². The first-order chi connectivity index (χ1) is 11.6. The third-order valence-electron chi connectivity index (χ3n) is 3.28. The van der Waals surface area contributed by atoms with Crippen LogP contribution in [0.4, 0.5) is 0 Å². The number of halogens is 1. The average molecular weight is 382 g/mol. The maximum Gasteiger partial charge on any atom is 0.262 e. The smallest absolute Gasteiger partial charge is 0.262 e. The molecule has 2 rings (SSSR count). The summed E-state index contributed by atoms with van der Waals surface area (Å²) in [5.74, 6) is -0.402. The Bertz CT molecular complexity index is 807. The molecular weight excluding hydrogens is 366 g/mol. The van der Waals surface area contributed by atoms with Crippen LogP contribution in [-0.4, -0.2) is 10.9 Å². The molecule has 1 aromatic carbocycles. The Labute approximate surface area is 149 Å². The Kier molecular flexibility index (Phi) is 6.47. The van der Waals surface area contributed by atoms with Gasteiger partial charge in [-0.2, -0.15) is 5.26 Å². The zero-order valence-corrected chi connectivity index (χ0v) is 14.7. The molecule has 0 aliphatic heterocycles. The number of nitrogens with one attached hydrogen (secondary N) is 1. The Morgan fingerprint density at radius 3 is 2.67 bits per heavy atom. The minimum atomic E-state index is -0.402. The van der Waals surface area contributed by atoms with Crippen molar-refractivity contribution in [1.82, 2.24) is 10.3 Å². The third-order valence-corrected chi connectivity index (χ3v) is 3.72. The molecule has 5 heteroatoms. The molecule has 1 aromatic heterocycles. The van der Waals surface area contributed by atoms with E-state index in [1.165, 1.54) is 6.08 Å². The standard InChI is InChI=1S/C19H16BrN3O/c1-14(15-7-3-2-4-8-15)22-19(24)16(13-21)9-5-10-17-11-6-12-18(20)23-17/h2-12,14H,1H3,(H,22,24)/b10-5+,16-9+/t14-/m0/s1. The van der Waals surface area contributed by atoms with Crippen LogP contribution < -0.4 is 5.32 Å². The van der Waals surface area contributed by atoms with Crippen molar-refractivity contribution in [2.45, 2.75) is 13.0 Å². The largest absolute Gasteiger partial charge is 0.345 e. The number of benzene rings is 1. The first-order valence-electron chi connectivity index (χ1n) is 7.37. The van der Waals surface area contributed by atoms with E-state index in [1.54, 1.807) is 12.2 Å². The number of amides is 1. The number of allylic oxidation sites excluding steroid dienone is 2. The predicted molar refractivity (Wildman–Crippen MR) is 97.7 cm³/mol. The molecule has 0 bridgehead atoms. The summed E-state index contributed by atoms with van der Waals surface area (Å²) in [7, 11) is 0. The fourth-order valence-corrected chi connectivity index (χ4v) is 2.38.